The summed E-state index contributed by atoms with van der Waals surface area (Å²) in [6, 6.07) is 11.5. The van der Waals surface area contributed by atoms with Crippen LogP contribution in [0, 0.1) is 23.0 Å². The van der Waals surface area contributed by atoms with Crippen LogP contribution in [-0.2, 0) is 9.59 Å². The first-order valence-electron chi connectivity index (χ1n) is 8.39. The van der Waals surface area contributed by atoms with E-state index in [1.807, 2.05) is 0 Å². The number of aryl methyl sites for hydroxylation is 1. The second-order valence-electron chi connectivity index (χ2n) is 6.35. The zero-order valence-corrected chi connectivity index (χ0v) is 15.0. The predicted octanol–water partition coefficient (Wildman–Crippen LogP) is 2.90. The molecule has 1 heterocycles. The molecular formula is C19H19N3O5. The molecule has 1 aliphatic rings. The lowest BCUT2D eigenvalue weighted by atomic mass is 10.1. The van der Waals surface area contributed by atoms with E-state index >= 15 is 0 Å². The van der Waals surface area contributed by atoms with E-state index in [0.29, 0.717) is 22.7 Å². The van der Waals surface area contributed by atoms with Crippen LogP contribution in [-0.4, -0.2) is 30.4 Å². The fourth-order valence-electron chi connectivity index (χ4n) is 3.01. The van der Waals surface area contributed by atoms with Crippen molar-refractivity contribution in [2.24, 2.45) is 5.92 Å². The number of hydrogen-bond donors (Lipinski definition) is 1. The number of benzene rings is 2. The Hall–Kier alpha value is -3.42. The van der Waals surface area contributed by atoms with E-state index in [9.17, 15) is 19.7 Å². The average molecular weight is 369 g/mol. The largest absolute Gasteiger partial charge is 0.497 e. The van der Waals surface area contributed by atoms with E-state index in [4.69, 9.17) is 4.74 Å². The molecule has 0 saturated carbocycles. The van der Waals surface area contributed by atoms with Gasteiger partial charge in [0, 0.05) is 30.3 Å². The number of carbonyl (C=O) groups excluding carboxylic acids is 2. The van der Waals surface area contributed by atoms with Gasteiger partial charge < -0.3 is 15.0 Å². The van der Waals surface area contributed by atoms with Crippen molar-refractivity contribution in [1.82, 2.24) is 0 Å². The number of nitro benzene ring substituents is 1. The Morgan fingerprint density at radius 2 is 1.96 bits per heavy atom. The fraction of sp³-hybridized carbons (Fsp3) is 0.263. The quantitative estimate of drug-likeness (QED) is 0.645. The second-order valence-corrected chi connectivity index (χ2v) is 6.35. The molecule has 8 nitrogen and oxygen atoms in total. The Labute approximate surface area is 155 Å². The van der Waals surface area contributed by atoms with Crippen molar-refractivity contribution in [3.8, 4) is 5.75 Å². The smallest absolute Gasteiger partial charge is 0.274 e. The molecule has 1 aliphatic heterocycles. The minimum atomic E-state index is -0.528. The first-order valence-corrected chi connectivity index (χ1v) is 8.39. The van der Waals surface area contributed by atoms with Crippen LogP contribution in [0.2, 0.25) is 0 Å². The molecule has 2 aromatic carbocycles. The first-order chi connectivity index (χ1) is 12.9. The summed E-state index contributed by atoms with van der Waals surface area (Å²) in [5.74, 6) is -0.350. The van der Waals surface area contributed by atoms with Gasteiger partial charge in [-0.3, -0.25) is 19.7 Å². The van der Waals surface area contributed by atoms with E-state index in [1.165, 1.54) is 11.0 Å². The number of carbonyl (C=O) groups is 2. The summed E-state index contributed by atoms with van der Waals surface area (Å²) in [6.07, 6.45) is 0.0592. The number of anilines is 2. The number of nitrogens with zero attached hydrogens (tertiary/aromatic N) is 2. The number of nitro groups is 1. The number of hydrogen-bond acceptors (Lipinski definition) is 5. The summed E-state index contributed by atoms with van der Waals surface area (Å²) in [7, 11) is 1.56. The van der Waals surface area contributed by atoms with Gasteiger partial charge in [-0.1, -0.05) is 6.07 Å². The van der Waals surface area contributed by atoms with Crippen molar-refractivity contribution >= 4 is 28.9 Å². The third-order valence-corrected chi connectivity index (χ3v) is 4.55. The van der Waals surface area contributed by atoms with E-state index in [2.05, 4.69) is 5.32 Å². The van der Waals surface area contributed by atoms with E-state index in [-0.39, 0.29) is 30.5 Å². The molecule has 140 valence electrons. The normalized spacial score (nSPS) is 16.3. The molecule has 0 aliphatic carbocycles. The van der Waals surface area contributed by atoms with Gasteiger partial charge in [-0.25, -0.2) is 0 Å². The Bertz CT molecular complexity index is 895. The molecule has 8 heteroatoms. The molecule has 27 heavy (non-hydrogen) atoms. The Morgan fingerprint density at radius 1 is 1.26 bits per heavy atom. The van der Waals surface area contributed by atoms with Crippen LogP contribution in [0.1, 0.15) is 12.0 Å². The third kappa shape index (κ3) is 3.89. The van der Waals surface area contributed by atoms with E-state index in [0.717, 1.165) is 0 Å². The maximum atomic E-state index is 12.5. The first kappa shape index (κ1) is 18.4. The monoisotopic (exact) mass is 369 g/mol. The van der Waals surface area contributed by atoms with Crippen LogP contribution >= 0.6 is 0 Å². The highest BCUT2D eigenvalue weighted by Crippen LogP contribution is 2.30. The zero-order valence-electron chi connectivity index (χ0n) is 15.0. The van der Waals surface area contributed by atoms with Gasteiger partial charge in [-0.2, -0.15) is 0 Å². The minimum absolute atomic E-state index is 0.0496. The molecule has 2 amide bonds. The minimum Gasteiger partial charge on any atom is -0.497 e. The maximum Gasteiger partial charge on any atom is 0.274 e. The molecule has 1 N–H and O–H groups in total. The Morgan fingerprint density at radius 3 is 2.59 bits per heavy atom. The predicted molar refractivity (Wildman–Crippen MR) is 99.9 cm³/mol. The highest BCUT2D eigenvalue weighted by atomic mass is 16.6. The van der Waals surface area contributed by atoms with Crippen molar-refractivity contribution in [2.75, 3.05) is 23.9 Å². The fourth-order valence-corrected chi connectivity index (χ4v) is 3.01. The summed E-state index contributed by atoms with van der Waals surface area (Å²) in [6.45, 7) is 1.82. The second kappa shape index (κ2) is 7.45. The van der Waals surface area contributed by atoms with Crippen molar-refractivity contribution in [3.05, 3.63) is 58.1 Å². The molecule has 3 rings (SSSR count). The molecule has 1 saturated heterocycles. The van der Waals surface area contributed by atoms with Gasteiger partial charge in [0.2, 0.25) is 11.8 Å². The topological polar surface area (TPSA) is 102 Å². The molecule has 2 aromatic rings. The number of nitrogens with one attached hydrogen (secondary N) is 1. The Kier molecular flexibility index (Phi) is 5.07. The van der Waals surface area contributed by atoms with Crippen LogP contribution in [0.5, 0.6) is 5.75 Å². The SMILES string of the molecule is COc1ccc(NC(=O)[C@H]2CC(=O)N(c3ccc(C)c([N+](=O)[O-])c3)C2)cc1. The highest BCUT2D eigenvalue weighted by Gasteiger charge is 2.35. The van der Waals surface area contributed by atoms with Gasteiger partial charge in [0.05, 0.1) is 23.6 Å². The van der Waals surface area contributed by atoms with Gasteiger partial charge in [0.15, 0.2) is 0 Å². The van der Waals surface area contributed by atoms with Crippen molar-refractivity contribution < 1.29 is 19.2 Å². The van der Waals surface area contributed by atoms with Crippen LogP contribution < -0.4 is 15.0 Å². The maximum absolute atomic E-state index is 12.5. The lowest BCUT2D eigenvalue weighted by Gasteiger charge is -2.17. The van der Waals surface area contributed by atoms with Crippen molar-refractivity contribution in [3.63, 3.8) is 0 Å². The summed E-state index contributed by atoms with van der Waals surface area (Å²) in [4.78, 5) is 36.9. The molecule has 1 atom stereocenters. The third-order valence-electron chi connectivity index (χ3n) is 4.55. The van der Waals surface area contributed by atoms with Gasteiger partial charge in [0.1, 0.15) is 5.75 Å². The van der Waals surface area contributed by atoms with Crippen LogP contribution in [0.25, 0.3) is 0 Å². The molecular weight excluding hydrogens is 350 g/mol. The lowest BCUT2D eigenvalue weighted by molar-refractivity contribution is -0.385. The summed E-state index contributed by atoms with van der Waals surface area (Å²) in [5, 5.41) is 13.9. The average Bonchev–Trinajstić information content (AvgIpc) is 3.04. The molecule has 0 bridgehead atoms. The number of methoxy groups -OCH3 is 1. The highest BCUT2D eigenvalue weighted by molar-refractivity contribution is 6.03. The Balaban J connectivity index is 1.72. The molecule has 0 aromatic heterocycles. The number of rotatable bonds is 5. The van der Waals surface area contributed by atoms with Gasteiger partial charge >= 0.3 is 0 Å². The molecule has 0 radical (unpaired) electrons. The molecule has 0 spiro atoms. The van der Waals surface area contributed by atoms with E-state index < -0.39 is 10.8 Å². The van der Waals surface area contributed by atoms with Gasteiger partial charge in [-0.15, -0.1) is 0 Å². The summed E-state index contributed by atoms with van der Waals surface area (Å²) >= 11 is 0. The number of amides is 2. The zero-order chi connectivity index (χ0) is 19.6. The van der Waals surface area contributed by atoms with Crippen molar-refractivity contribution in [2.45, 2.75) is 13.3 Å². The van der Waals surface area contributed by atoms with Crippen LogP contribution in [0.15, 0.2) is 42.5 Å². The van der Waals surface area contributed by atoms with E-state index in [1.54, 1.807) is 50.4 Å². The number of ether oxygens (including phenoxy) is 1. The van der Waals surface area contributed by atoms with Crippen LogP contribution in [0.3, 0.4) is 0 Å². The summed E-state index contributed by atoms with van der Waals surface area (Å²) in [5.41, 5.74) is 1.50. The van der Waals surface area contributed by atoms with Gasteiger partial charge in [-0.05, 0) is 37.3 Å². The molecule has 1 fully saturated rings. The lowest BCUT2D eigenvalue weighted by Crippen LogP contribution is -2.28. The van der Waals surface area contributed by atoms with Gasteiger partial charge in [0.25, 0.3) is 5.69 Å². The molecule has 0 unspecified atom stereocenters. The van der Waals surface area contributed by atoms with Crippen LogP contribution in [0.4, 0.5) is 17.1 Å². The standard InChI is InChI=1S/C19H19N3O5/c1-12-3-6-15(10-17(12)22(25)26)21-11-13(9-18(21)23)19(24)20-14-4-7-16(27-2)8-5-14/h3-8,10,13H,9,11H2,1-2H3,(H,20,24)/t13-/m0/s1. The summed E-state index contributed by atoms with van der Waals surface area (Å²) < 4.78 is 5.07. The van der Waals surface area contributed by atoms with Crippen molar-refractivity contribution in [1.29, 1.82) is 0 Å².